The van der Waals surface area contributed by atoms with Crippen molar-refractivity contribution >= 4 is 23.5 Å². The minimum absolute atomic E-state index is 0.0221. The number of ketones is 1. The third-order valence-corrected chi connectivity index (χ3v) is 4.75. The minimum Gasteiger partial charge on any atom is -0.448 e. The van der Waals surface area contributed by atoms with Crippen molar-refractivity contribution in [3.8, 4) is 0 Å². The third kappa shape index (κ3) is 5.27. The number of Topliss-reactive ketones (excluding diaryl/α,β-unsaturated/α-hetero) is 1. The molecule has 0 aliphatic heterocycles. The van der Waals surface area contributed by atoms with E-state index in [1.165, 1.54) is 11.8 Å². The van der Waals surface area contributed by atoms with Gasteiger partial charge in [-0.2, -0.15) is 0 Å². The van der Waals surface area contributed by atoms with Crippen LogP contribution in [0.25, 0.3) is 0 Å². The summed E-state index contributed by atoms with van der Waals surface area (Å²) < 4.78 is 5.57. The van der Waals surface area contributed by atoms with Crippen LogP contribution in [0.3, 0.4) is 0 Å². The Hall–Kier alpha value is -2.99. The van der Waals surface area contributed by atoms with E-state index >= 15 is 0 Å². The van der Waals surface area contributed by atoms with E-state index < -0.39 is 12.1 Å². The summed E-state index contributed by atoms with van der Waals surface area (Å²) in [5.41, 5.74) is 2.81. The second-order valence-corrected chi connectivity index (χ2v) is 7.18. The number of hydrogen-bond acceptors (Lipinski definition) is 6. The highest BCUT2D eigenvalue weighted by atomic mass is 32.2. The van der Waals surface area contributed by atoms with Gasteiger partial charge in [0, 0.05) is 22.5 Å². The number of rotatable bonds is 7. The Bertz CT molecular complexity index is 942. The van der Waals surface area contributed by atoms with Crippen LogP contribution in [-0.4, -0.2) is 27.5 Å². The number of esters is 1. The summed E-state index contributed by atoms with van der Waals surface area (Å²) in [5.74, 6) is -0.729. The molecular weight excluding hydrogens is 372 g/mol. The average Bonchev–Trinajstić information content (AvgIpc) is 2.70. The third-order valence-electron chi connectivity index (χ3n) is 3.93. The molecule has 0 amide bonds. The smallest absolute Gasteiger partial charge is 0.317 e. The molecule has 2 aromatic carbocycles. The van der Waals surface area contributed by atoms with Crippen molar-refractivity contribution in [1.82, 2.24) is 9.97 Å². The topological polar surface area (TPSA) is 69.2 Å². The zero-order valence-corrected chi connectivity index (χ0v) is 16.5. The summed E-state index contributed by atoms with van der Waals surface area (Å²) in [6.07, 6.45) is -0.989. The van der Waals surface area contributed by atoms with Crippen LogP contribution in [-0.2, 0) is 9.53 Å². The summed E-state index contributed by atoms with van der Waals surface area (Å²) in [4.78, 5) is 34.0. The second-order valence-electron chi connectivity index (χ2n) is 6.23. The van der Waals surface area contributed by atoms with Gasteiger partial charge in [0.2, 0.25) is 5.78 Å². The predicted molar refractivity (Wildman–Crippen MR) is 108 cm³/mol. The lowest BCUT2D eigenvalue weighted by molar-refractivity contribution is -0.144. The first-order chi connectivity index (χ1) is 13.5. The van der Waals surface area contributed by atoms with Gasteiger partial charge >= 0.3 is 5.97 Å². The number of hydrogen-bond donors (Lipinski definition) is 0. The maximum absolute atomic E-state index is 12.9. The molecule has 0 aliphatic rings. The summed E-state index contributed by atoms with van der Waals surface area (Å²) in [7, 11) is 0. The van der Waals surface area contributed by atoms with E-state index in [0.29, 0.717) is 16.3 Å². The molecule has 28 heavy (non-hydrogen) atoms. The van der Waals surface area contributed by atoms with Crippen LogP contribution in [0.1, 0.15) is 33.4 Å². The number of carbonyl (C=O) groups is 2. The van der Waals surface area contributed by atoms with Crippen molar-refractivity contribution in [2.45, 2.75) is 25.1 Å². The molecule has 1 atom stereocenters. The predicted octanol–water partition coefficient (Wildman–Crippen LogP) is 4.35. The van der Waals surface area contributed by atoms with Gasteiger partial charge in [0.05, 0.1) is 5.75 Å². The normalized spacial score (nSPS) is 11.6. The Morgan fingerprint density at radius 2 is 1.50 bits per heavy atom. The fourth-order valence-electron chi connectivity index (χ4n) is 2.70. The summed E-state index contributed by atoms with van der Waals surface area (Å²) >= 11 is 1.19. The number of aromatic nitrogens is 2. The molecule has 0 N–H and O–H groups in total. The SMILES string of the molecule is Cc1cc(C)nc(SCC(=O)OC(C(=O)c2ccccc2)c2ccccc2)n1. The molecule has 1 heterocycles. The van der Waals surface area contributed by atoms with Gasteiger partial charge in [0.15, 0.2) is 11.3 Å². The zero-order chi connectivity index (χ0) is 19.9. The Balaban J connectivity index is 1.74. The fourth-order valence-corrected chi connectivity index (χ4v) is 3.43. The summed E-state index contributed by atoms with van der Waals surface area (Å²) in [5, 5.41) is 0.514. The van der Waals surface area contributed by atoms with E-state index in [-0.39, 0.29) is 11.5 Å². The zero-order valence-electron chi connectivity index (χ0n) is 15.7. The highest BCUT2D eigenvalue weighted by molar-refractivity contribution is 7.99. The Morgan fingerprint density at radius 1 is 0.929 bits per heavy atom. The maximum atomic E-state index is 12.9. The van der Waals surface area contributed by atoms with Crippen LogP contribution < -0.4 is 0 Å². The van der Waals surface area contributed by atoms with Gasteiger partial charge in [0.1, 0.15) is 0 Å². The standard InChI is InChI=1S/C22H20N2O3S/c1-15-13-16(2)24-22(23-15)28-14-19(25)27-21(18-11-7-4-8-12-18)20(26)17-9-5-3-6-10-17/h3-13,21H,14H2,1-2H3. The molecule has 0 saturated heterocycles. The Labute approximate surface area is 168 Å². The van der Waals surface area contributed by atoms with Gasteiger partial charge in [-0.05, 0) is 19.9 Å². The van der Waals surface area contributed by atoms with Crippen molar-refractivity contribution in [3.63, 3.8) is 0 Å². The molecule has 0 aliphatic carbocycles. The Kier molecular flexibility index (Phi) is 6.55. The second kappa shape index (κ2) is 9.28. The van der Waals surface area contributed by atoms with Crippen LogP contribution in [0.2, 0.25) is 0 Å². The van der Waals surface area contributed by atoms with Gasteiger partial charge in [-0.25, -0.2) is 9.97 Å². The first-order valence-electron chi connectivity index (χ1n) is 8.81. The average molecular weight is 392 g/mol. The molecule has 5 nitrogen and oxygen atoms in total. The molecule has 3 aromatic rings. The quantitative estimate of drug-likeness (QED) is 0.258. The molecule has 0 radical (unpaired) electrons. The molecule has 1 unspecified atom stereocenters. The van der Waals surface area contributed by atoms with E-state index in [2.05, 4.69) is 9.97 Å². The molecule has 142 valence electrons. The number of carbonyl (C=O) groups excluding carboxylic acids is 2. The van der Waals surface area contributed by atoms with Crippen LogP contribution in [0, 0.1) is 13.8 Å². The van der Waals surface area contributed by atoms with Crippen molar-refractivity contribution in [1.29, 1.82) is 0 Å². The van der Waals surface area contributed by atoms with Gasteiger partial charge in [-0.15, -0.1) is 0 Å². The fraction of sp³-hybridized carbons (Fsp3) is 0.182. The largest absolute Gasteiger partial charge is 0.448 e. The summed E-state index contributed by atoms with van der Waals surface area (Å²) in [6.45, 7) is 3.75. The monoisotopic (exact) mass is 392 g/mol. The van der Waals surface area contributed by atoms with Crippen molar-refractivity contribution < 1.29 is 14.3 Å². The molecule has 6 heteroatoms. The molecule has 0 fully saturated rings. The van der Waals surface area contributed by atoms with Gasteiger partial charge in [-0.3, -0.25) is 9.59 Å². The van der Waals surface area contributed by atoms with E-state index in [0.717, 1.165) is 11.4 Å². The van der Waals surface area contributed by atoms with Gasteiger partial charge < -0.3 is 4.74 Å². The molecule has 0 spiro atoms. The lowest BCUT2D eigenvalue weighted by atomic mass is 10.00. The highest BCUT2D eigenvalue weighted by Gasteiger charge is 2.26. The highest BCUT2D eigenvalue weighted by Crippen LogP contribution is 2.24. The van der Waals surface area contributed by atoms with Crippen molar-refractivity contribution in [2.75, 3.05) is 5.75 Å². The molecular formula is C22H20N2O3S. The maximum Gasteiger partial charge on any atom is 0.317 e. The van der Waals surface area contributed by atoms with E-state index in [9.17, 15) is 9.59 Å². The molecule has 0 bridgehead atoms. The first-order valence-corrected chi connectivity index (χ1v) is 9.80. The van der Waals surface area contributed by atoms with E-state index in [1.54, 1.807) is 36.4 Å². The first kappa shape index (κ1) is 19.8. The number of benzene rings is 2. The van der Waals surface area contributed by atoms with Crippen LogP contribution in [0.15, 0.2) is 71.9 Å². The molecule has 3 rings (SSSR count). The number of aryl methyl sites for hydroxylation is 2. The molecule has 0 saturated carbocycles. The van der Waals surface area contributed by atoms with Crippen LogP contribution in [0.4, 0.5) is 0 Å². The van der Waals surface area contributed by atoms with E-state index in [4.69, 9.17) is 4.74 Å². The lowest BCUT2D eigenvalue weighted by Gasteiger charge is -2.17. The lowest BCUT2D eigenvalue weighted by Crippen LogP contribution is -2.21. The van der Waals surface area contributed by atoms with Gasteiger partial charge in [-0.1, -0.05) is 72.4 Å². The van der Waals surface area contributed by atoms with Crippen molar-refractivity contribution in [3.05, 3.63) is 89.2 Å². The Morgan fingerprint density at radius 3 is 2.11 bits per heavy atom. The van der Waals surface area contributed by atoms with Crippen molar-refractivity contribution in [2.24, 2.45) is 0 Å². The van der Waals surface area contributed by atoms with Crippen LogP contribution >= 0.6 is 11.8 Å². The summed E-state index contributed by atoms with van der Waals surface area (Å²) in [6, 6.07) is 19.7. The number of ether oxygens (including phenoxy) is 1. The van der Waals surface area contributed by atoms with E-state index in [1.807, 2.05) is 44.2 Å². The van der Waals surface area contributed by atoms with Gasteiger partial charge in [0.25, 0.3) is 0 Å². The minimum atomic E-state index is -0.989. The number of thioether (sulfide) groups is 1. The molecule has 1 aromatic heterocycles. The number of nitrogens with zero attached hydrogens (tertiary/aromatic N) is 2. The van der Waals surface area contributed by atoms with Crippen LogP contribution in [0.5, 0.6) is 0 Å².